The molecular weight excluding hydrogens is 598 g/mol. The van der Waals surface area contributed by atoms with Crippen LogP contribution < -0.4 is 5.32 Å². The van der Waals surface area contributed by atoms with Crippen LogP contribution in [0, 0.1) is 0 Å². The highest BCUT2D eigenvalue weighted by Crippen LogP contribution is 2.22. The van der Waals surface area contributed by atoms with Gasteiger partial charge in [-0.1, -0.05) is 127 Å². The van der Waals surface area contributed by atoms with E-state index in [1.165, 1.54) is 70.6 Å². The topological polar surface area (TPSA) is 149 Å². The average Bonchev–Trinajstić information content (AvgIpc) is 3.07. The van der Waals surface area contributed by atoms with E-state index < -0.39 is 49.5 Å². The monoisotopic (exact) mass is 668 g/mol. The molecule has 7 unspecified atom stereocenters. The fourth-order valence-corrected chi connectivity index (χ4v) is 5.60. The fourth-order valence-electron chi connectivity index (χ4n) is 5.60. The Bertz CT molecular complexity index is 833. The number of unbranched alkanes of at least 4 members (excludes halogenated alkanes) is 15. The normalized spacial score (nSPS) is 23.3. The molecule has 1 rings (SSSR count). The zero-order valence-corrected chi connectivity index (χ0v) is 29.5. The number of carbonyl (C=O) groups is 1. The number of carbonyl (C=O) groups excluding carboxylic acids is 1. The molecule has 47 heavy (non-hydrogen) atoms. The van der Waals surface area contributed by atoms with Gasteiger partial charge in [-0.15, -0.1) is 0 Å². The number of ether oxygens (including phenoxy) is 2. The van der Waals surface area contributed by atoms with Crippen molar-refractivity contribution >= 4 is 5.91 Å². The smallest absolute Gasteiger partial charge is 0.220 e. The van der Waals surface area contributed by atoms with Crippen molar-refractivity contribution in [3.63, 3.8) is 0 Å². The molecule has 9 heteroatoms. The highest BCUT2D eigenvalue weighted by atomic mass is 16.7. The molecule has 0 aromatic carbocycles. The predicted molar refractivity (Wildman–Crippen MR) is 189 cm³/mol. The van der Waals surface area contributed by atoms with Crippen LogP contribution in [0.2, 0.25) is 0 Å². The van der Waals surface area contributed by atoms with E-state index in [1.807, 2.05) is 6.08 Å². The van der Waals surface area contributed by atoms with Gasteiger partial charge in [-0.2, -0.15) is 0 Å². The van der Waals surface area contributed by atoms with E-state index in [1.54, 1.807) is 6.08 Å². The molecule has 1 aliphatic heterocycles. The van der Waals surface area contributed by atoms with Gasteiger partial charge in [0.1, 0.15) is 24.4 Å². The molecule has 1 amide bonds. The van der Waals surface area contributed by atoms with Crippen molar-refractivity contribution in [3.8, 4) is 0 Å². The Morgan fingerprint density at radius 3 is 1.79 bits per heavy atom. The largest absolute Gasteiger partial charge is 0.394 e. The molecule has 9 nitrogen and oxygen atoms in total. The summed E-state index contributed by atoms with van der Waals surface area (Å²) >= 11 is 0. The summed E-state index contributed by atoms with van der Waals surface area (Å²) in [6.45, 7) is 3.67. The van der Waals surface area contributed by atoms with Gasteiger partial charge < -0.3 is 40.3 Å². The van der Waals surface area contributed by atoms with E-state index in [0.717, 1.165) is 51.4 Å². The van der Waals surface area contributed by atoms with Crippen molar-refractivity contribution in [2.45, 2.75) is 185 Å². The summed E-state index contributed by atoms with van der Waals surface area (Å²) in [5, 5.41) is 53.8. The van der Waals surface area contributed by atoms with Gasteiger partial charge in [-0.25, -0.2) is 0 Å². The fraction of sp³-hybridized carbons (Fsp3) is 0.816. The Hall–Kier alpha value is -1.59. The summed E-state index contributed by atoms with van der Waals surface area (Å²) in [5.74, 6) is -0.196. The summed E-state index contributed by atoms with van der Waals surface area (Å²) in [6.07, 6.45) is 26.1. The van der Waals surface area contributed by atoms with Gasteiger partial charge in [0.25, 0.3) is 0 Å². The number of aliphatic hydroxyl groups is 5. The Kier molecular flexibility index (Phi) is 27.1. The molecule has 0 aromatic rings. The molecule has 0 aromatic heterocycles. The number of rotatable bonds is 29. The third kappa shape index (κ3) is 21.2. The van der Waals surface area contributed by atoms with Gasteiger partial charge in [-0.05, 0) is 44.9 Å². The van der Waals surface area contributed by atoms with Crippen molar-refractivity contribution in [1.82, 2.24) is 5.32 Å². The van der Waals surface area contributed by atoms with E-state index in [4.69, 9.17) is 9.47 Å². The van der Waals surface area contributed by atoms with Crippen LogP contribution in [0.15, 0.2) is 36.5 Å². The Morgan fingerprint density at radius 1 is 0.702 bits per heavy atom. The first-order valence-electron chi connectivity index (χ1n) is 18.7. The second-order valence-electron chi connectivity index (χ2n) is 13.0. The van der Waals surface area contributed by atoms with E-state index in [0.29, 0.717) is 6.42 Å². The molecule has 0 aliphatic carbocycles. The van der Waals surface area contributed by atoms with Gasteiger partial charge in [0, 0.05) is 6.42 Å². The molecule has 1 fully saturated rings. The van der Waals surface area contributed by atoms with E-state index >= 15 is 0 Å². The second-order valence-corrected chi connectivity index (χ2v) is 13.0. The van der Waals surface area contributed by atoms with Crippen molar-refractivity contribution in [3.05, 3.63) is 36.5 Å². The number of aliphatic hydroxyl groups excluding tert-OH is 5. The van der Waals surface area contributed by atoms with Gasteiger partial charge in [-0.3, -0.25) is 4.79 Å². The minimum Gasteiger partial charge on any atom is -0.394 e. The third-order valence-electron chi connectivity index (χ3n) is 8.70. The average molecular weight is 668 g/mol. The Balaban J connectivity index is 2.52. The lowest BCUT2D eigenvalue weighted by atomic mass is 9.99. The maximum atomic E-state index is 12.8. The third-order valence-corrected chi connectivity index (χ3v) is 8.70. The van der Waals surface area contributed by atoms with Crippen LogP contribution in [0.25, 0.3) is 0 Å². The second kappa shape index (κ2) is 29.3. The first-order valence-corrected chi connectivity index (χ1v) is 18.7. The first-order chi connectivity index (χ1) is 22.8. The van der Waals surface area contributed by atoms with E-state index in [2.05, 4.69) is 43.5 Å². The van der Waals surface area contributed by atoms with Crippen LogP contribution in [0.5, 0.6) is 0 Å². The zero-order chi connectivity index (χ0) is 34.5. The molecule has 6 N–H and O–H groups in total. The van der Waals surface area contributed by atoms with Crippen molar-refractivity contribution in [2.75, 3.05) is 13.2 Å². The van der Waals surface area contributed by atoms with Crippen LogP contribution in [-0.4, -0.2) is 87.5 Å². The number of amides is 1. The lowest BCUT2D eigenvalue weighted by Crippen LogP contribution is -2.60. The lowest BCUT2D eigenvalue weighted by molar-refractivity contribution is -0.302. The summed E-state index contributed by atoms with van der Waals surface area (Å²) < 4.78 is 11.1. The highest BCUT2D eigenvalue weighted by Gasteiger charge is 2.44. The van der Waals surface area contributed by atoms with Crippen LogP contribution in [0.3, 0.4) is 0 Å². The SMILES string of the molecule is CCCCC/C=C/CC/C=C/CC/C=C/C(O)C(COC1OC(CO)C(O)C(O)C1O)NC(=O)CCCCCCCCCCCCC. The number of allylic oxidation sites excluding steroid dienone is 5. The summed E-state index contributed by atoms with van der Waals surface area (Å²) in [6, 6.07) is -0.821. The van der Waals surface area contributed by atoms with Crippen LogP contribution in [0.1, 0.15) is 142 Å². The number of hydrogen-bond donors (Lipinski definition) is 6. The summed E-state index contributed by atoms with van der Waals surface area (Å²) in [7, 11) is 0. The Morgan fingerprint density at radius 2 is 1.21 bits per heavy atom. The maximum absolute atomic E-state index is 12.8. The number of nitrogens with one attached hydrogen (secondary N) is 1. The molecule has 0 saturated carbocycles. The molecule has 0 bridgehead atoms. The maximum Gasteiger partial charge on any atom is 0.220 e. The molecule has 0 spiro atoms. The highest BCUT2D eigenvalue weighted by molar-refractivity contribution is 5.76. The molecule has 1 saturated heterocycles. The van der Waals surface area contributed by atoms with Gasteiger partial charge in [0.05, 0.1) is 25.4 Å². The minimum atomic E-state index is -1.57. The molecule has 1 heterocycles. The minimum absolute atomic E-state index is 0.196. The summed E-state index contributed by atoms with van der Waals surface area (Å²) in [5.41, 5.74) is 0. The Labute approximate surface area is 285 Å². The lowest BCUT2D eigenvalue weighted by Gasteiger charge is -2.40. The van der Waals surface area contributed by atoms with Crippen molar-refractivity contribution < 1.29 is 39.8 Å². The first kappa shape index (κ1) is 43.4. The van der Waals surface area contributed by atoms with Crippen LogP contribution >= 0.6 is 0 Å². The molecule has 274 valence electrons. The predicted octanol–water partition coefficient (Wildman–Crippen LogP) is 6.16. The van der Waals surface area contributed by atoms with Crippen molar-refractivity contribution in [1.29, 1.82) is 0 Å². The van der Waals surface area contributed by atoms with Crippen molar-refractivity contribution in [2.24, 2.45) is 0 Å². The quantitative estimate of drug-likeness (QED) is 0.0411. The van der Waals surface area contributed by atoms with Gasteiger partial charge in [0.2, 0.25) is 5.91 Å². The van der Waals surface area contributed by atoms with Crippen LogP contribution in [0.4, 0.5) is 0 Å². The van der Waals surface area contributed by atoms with E-state index in [-0.39, 0.29) is 12.5 Å². The molecule has 1 aliphatic rings. The standard InChI is InChI=1S/C38H69NO8/c1-3-5-7-9-11-13-15-16-18-19-21-23-25-27-32(41)31(30-46-38-37(45)36(44)35(43)33(29-40)47-38)39-34(42)28-26-24-22-20-17-14-12-10-8-6-4-2/h11,13,18-19,25,27,31-33,35-38,40-41,43-45H,3-10,12,14-17,20-24,26,28-30H2,1-2H3,(H,39,42)/b13-11+,19-18+,27-25+. The van der Waals surface area contributed by atoms with Gasteiger partial charge in [0.15, 0.2) is 6.29 Å². The summed E-state index contributed by atoms with van der Waals surface area (Å²) in [4.78, 5) is 12.8. The number of hydrogen-bond acceptors (Lipinski definition) is 8. The molecule has 0 radical (unpaired) electrons. The van der Waals surface area contributed by atoms with Crippen LogP contribution in [-0.2, 0) is 14.3 Å². The molecular formula is C38H69NO8. The molecule has 7 atom stereocenters. The zero-order valence-electron chi connectivity index (χ0n) is 29.5. The van der Waals surface area contributed by atoms with E-state index in [9.17, 15) is 30.3 Å². The van der Waals surface area contributed by atoms with Gasteiger partial charge >= 0.3 is 0 Å².